The Hall–Kier alpha value is -0.710. The summed E-state index contributed by atoms with van der Waals surface area (Å²) >= 11 is 3.62. The largest absolute Gasteiger partial charge is 0.304 e. The Labute approximate surface area is 111 Å². The van der Waals surface area contributed by atoms with Crippen molar-refractivity contribution in [2.24, 2.45) is 0 Å². The summed E-state index contributed by atoms with van der Waals surface area (Å²) < 4.78 is 0. The predicted octanol–water partition coefficient (Wildman–Crippen LogP) is 4.06. The molecule has 0 aromatic carbocycles. The molecule has 4 heteroatoms. The smallest absolute Gasteiger partial charge is 0.0900 e. The van der Waals surface area contributed by atoms with Crippen molar-refractivity contribution in [2.45, 2.75) is 39.8 Å². The molecule has 0 aliphatic carbocycles. The van der Waals surface area contributed by atoms with E-state index >= 15 is 0 Å². The number of thiazole rings is 1. The summed E-state index contributed by atoms with van der Waals surface area (Å²) in [6.07, 6.45) is 1.12. The van der Waals surface area contributed by atoms with Crippen LogP contribution in [0.1, 0.15) is 39.8 Å². The summed E-state index contributed by atoms with van der Waals surface area (Å²) in [6.45, 7) is 7.31. The minimum atomic E-state index is 0.469. The number of hydrogen-bond acceptors (Lipinski definition) is 4. The van der Waals surface area contributed by atoms with Gasteiger partial charge in [-0.3, -0.25) is 0 Å². The summed E-state index contributed by atoms with van der Waals surface area (Å²) in [5.74, 6) is 0. The molecule has 0 spiro atoms. The van der Waals surface area contributed by atoms with Crippen LogP contribution in [0.4, 0.5) is 0 Å². The maximum Gasteiger partial charge on any atom is 0.0900 e. The summed E-state index contributed by atoms with van der Waals surface area (Å²) in [6, 6.07) is 4.79. The molecule has 92 valence electrons. The van der Waals surface area contributed by atoms with Crippen molar-refractivity contribution in [2.75, 3.05) is 0 Å². The molecule has 2 aromatic heterocycles. The zero-order chi connectivity index (χ0) is 12.3. The first kappa shape index (κ1) is 12.7. The molecule has 0 aliphatic heterocycles. The van der Waals surface area contributed by atoms with Crippen LogP contribution in [0, 0.1) is 13.8 Å². The van der Waals surface area contributed by atoms with Crippen LogP contribution in [-0.4, -0.2) is 4.98 Å². The van der Waals surface area contributed by atoms with Crippen LogP contribution in [0.5, 0.6) is 0 Å². The molecular formula is C13H18N2S2. The molecule has 2 heterocycles. The summed E-state index contributed by atoms with van der Waals surface area (Å²) in [4.78, 5) is 7.24. The molecule has 0 saturated heterocycles. The van der Waals surface area contributed by atoms with E-state index in [9.17, 15) is 0 Å². The van der Waals surface area contributed by atoms with Crippen LogP contribution < -0.4 is 5.32 Å². The molecule has 0 saturated carbocycles. The third kappa shape index (κ3) is 3.15. The fourth-order valence-corrected chi connectivity index (χ4v) is 3.66. The predicted molar refractivity (Wildman–Crippen MR) is 75.8 cm³/mol. The van der Waals surface area contributed by atoms with Gasteiger partial charge in [0.15, 0.2) is 0 Å². The number of aryl methyl sites for hydroxylation is 2. The highest BCUT2D eigenvalue weighted by molar-refractivity contribution is 7.11. The van der Waals surface area contributed by atoms with Gasteiger partial charge in [-0.1, -0.05) is 13.0 Å². The minimum absolute atomic E-state index is 0.469. The number of rotatable bonds is 5. The molecule has 0 bridgehead atoms. The highest BCUT2D eigenvalue weighted by atomic mass is 32.1. The standard InChI is InChI=1S/C13H18N2S2/c1-4-11(12-6-5-7-16-12)14-8-13-9(2)15-10(3)17-13/h5-7,11,14H,4,8H2,1-3H3. The van der Waals surface area contributed by atoms with Crippen molar-refractivity contribution in [3.05, 3.63) is 38.0 Å². The average molecular weight is 266 g/mol. The topological polar surface area (TPSA) is 24.9 Å². The second-order valence-corrected chi connectivity index (χ2v) is 6.37. The fourth-order valence-electron chi connectivity index (χ4n) is 1.89. The van der Waals surface area contributed by atoms with Crippen molar-refractivity contribution < 1.29 is 0 Å². The Morgan fingerprint density at radius 3 is 2.76 bits per heavy atom. The van der Waals surface area contributed by atoms with Crippen molar-refractivity contribution >= 4 is 22.7 Å². The first-order valence-corrected chi connectivity index (χ1v) is 7.60. The van der Waals surface area contributed by atoms with E-state index < -0.39 is 0 Å². The number of nitrogens with zero attached hydrogens (tertiary/aromatic N) is 1. The molecule has 2 nitrogen and oxygen atoms in total. The monoisotopic (exact) mass is 266 g/mol. The van der Waals surface area contributed by atoms with E-state index in [-0.39, 0.29) is 0 Å². The Morgan fingerprint density at radius 1 is 1.41 bits per heavy atom. The number of hydrogen-bond donors (Lipinski definition) is 1. The lowest BCUT2D eigenvalue weighted by atomic mass is 10.2. The van der Waals surface area contributed by atoms with E-state index in [2.05, 4.69) is 48.6 Å². The molecule has 1 atom stereocenters. The second kappa shape index (κ2) is 5.76. The maximum absolute atomic E-state index is 4.46. The molecule has 2 aromatic rings. The van der Waals surface area contributed by atoms with Gasteiger partial charge in [0, 0.05) is 22.3 Å². The number of nitrogens with one attached hydrogen (secondary N) is 1. The molecule has 17 heavy (non-hydrogen) atoms. The van der Waals surface area contributed by atoms with E-state index in [0.717, 1.165) is 18.0 Å². The van der Waals surface area contributed by atoms with Crippen LogP contribution in [0.25, 0.3) is 0 Å². The van der Waals surface area contributed by atoms with Gasteiger partial charge in [-0.15, -0.1) is 22.7 Å². The van der Waals surface area contributed by atoms with Crippen molar-refractivity contribution in [3.8, 4) is 0 Å². The third-order valence-corrected chi connectivity index (χ3v) is 4.86. The SMILES string of the molecule is CCC(NCc1sc(C)nc1C)c1cccs1. The van der Waals surface area contributed by atoms with Gasteiger partial charge in [0.05, 0.1) is 10.7 Å². The lowest BCUT2D eigenvalue weighted by Crippen LogP contribution is -2.19. The van der Waals surface area contributed by atoms with E-state index in [4.69, 9.17) is 0 Å². The van der Waals surface area contributed by atoms with Gasteiger partial charge in [-0.25, -0.2) is 4.98 Å². The van der Waals surface area contributed by atoms with Crippen LogP contribution in [0.3, 0.4) is 0 Å². The van der Waals surface area contributed by atoms with Gasteiger partial charge >= 0.3 is 0 Å². The molecule has 1 unspecified atom stereocenters. The van der Waals surface area contributed by atoms with Crippen LogP contribution >= 0.6 is 22.7 Å². The van der Waals surface area contributed by atoms with Gasteiger partial charge in [-0.2, -0.15) is 0 Å². The van der Waals surface area contributed by atoms with Gasteiger partial charge in [-0.05, 0) is 31.7 Å². The van der Waals surface area contributed by atoms with Crippen molar-refractivity contribution in [1.29, 1.82) is 0 Å². The van der Waals surface area contributed by atoms with Crippen molar-refractivity contribution in [3.63, 3.8) is 0 Å². The summed E-state index contributed by atoms with van der Waals surface area (Å²) in [5.41, 5.74) is 1.17. The van der Waals surface area contributed by atoms with Gasteiger partial charge in [0.2, 0.25) is 0 Å². The molecule has 0 fully saturated rings. The van der Waals surface area contributed by atoms with E-state index in [0.29, 0.717) is 6.04 Å². The van der Waals surface area contributed by atoms with E-state index in [1.165, 1.54) is 15.4 Å². The molecular weight excluding hydrogens is 248 g/mol. The highest BCUT2D eigenvalue weighted by Crippen LogP contribution is 2.23. The normalized spacial score (nSPS) is 12.9. The third-order valence-electron chi connectivity index (χ3n) is 2.80. The molecule has 1 N–H and O–H groups in total. The van der Waals surface area contributed by atoms with Crippen LogP contribution in [0.2, 0.25) is 0 Å². The Kier molecular flexibility index (Phi) is 4.31. The van der Waals surface area contributed by atoms with Gasteiger partial charge < -0.3 is 5.32 Å². The highest BCUT2D eigenvalue weighted by Gasteiger charge is 2.11. The quantitative estimate of drug-likeness (QED) is 0.882. The zero-order valence-electron chi connectivity index (χ0n) is 10.5. The molecule has 2 rings (SSSR count). The Balaban J connectivity index is 1.99. The summed E-state index contributed by atoms with van der Waals surface area (Å²) in [5, 5.41) is 6.92. The number of aromatic nitrogens is 1. The van der Waals surface area contributed by atoms with E-state index in [1.54, 1.807) is 11.3 Å². The second-order valence-electron chi connectivity index (χ2n) is 4.10. The number of thiophene rings is 1. The Bertz CT molecular complexity index is 460. The molecule has 0 amide bonds. The van der Waals surface area contributed by atoms with Crippen LogP contribution in [0.15, 0.2) is 17.5 Å². The lowest BCUT2D eigenvalue weighted by Gasteiger charge is -2.14. The summed E-state index contributed by atoms with van der Waals surface area (Å²) in [7, 11) is 0. The first-order valence-electron chi connectivity index (χ1n) is 5.90. The first-order chi connectivity index (χ1) is 8.20. The van der Waals surface area contributed by atoms with Gasteiger partial charge in [0.1, 0.15) is 0 Å². The fraction of sp³-hybridized carbons (Fsp3) is 0.462. The minimum Gasteiger partial charge on any atom is -0.304 e. The zero-order valence-corrected chi connectivity index (χ0v) is 12.1. The van der Waals surface area contributed by atoms with E-state index in [1.807, 2.05) is 11.3 Å². The lowest BCUT2D eigenvalue weighted by molar-refractivity contribution is 0.528. The average Bonchev–Trinajstić information content (AvgIpc) is 2.90. The van der Waals surface area contributed by atoms with Crippen molar-refractivity contribution in [1.82, 2.24) is 10.3 Å². The molecule has 0 radical (unpaired) electrons. The maximum atomic E-state index is 4.46. The van der Waals surface area contributed by atoms with Gasteiger partial charge in [0.25, 0.3) is 0 Å². The molecule has 0 aliphatic rings. The Morgan fingerprint density at radius 2 is 2.24 bits per heavy atom. The van der Waals surface area contributed by atoms with Crippen LogP contribution in [-0.2, 0) is 6.54 Å².